The second-order valence-corrected chi connectivity index (χ2v) is 4.77. The van der Waals surface area contributed by atoms with Gasteiger partial charge >= 0.3 is 7.82 Å². The van der Waals surface area contributed by atoms with E-state index in [1.807, 2.05) is 20.8 Å². The quantitative estimate of drug-likeness (QED) is 0.656. The minimum atomic E-state index is -3.77. The van der Waals surface area contributed by atoms with E-state index in [1.165, 1.54) is 0 Å². The van der Waals surface area contributed by atoms with E-state index >= 15 is 0 Å². The Bertz CT molecular complexity index is 170. The van der Waals surface area contributed by atoms with Crippen LogP contribution in [0.15, 0.2) is 0 Å². The summed E-state index contributed by atoms with van der Waals surface area (Å²) in [6.45, 7) is 6.45. The molecule has 0 aliphatic rings. The zero-order chi connectivity index (χ0) is 10.3. The molecule has 1 unspecified atom stereocenters. The molecule has 0 aliphatic heterocycles. The largest absolute Gasteiger partial charge is 0.472 e. The highest BCUT2D eigenvalue weighted by atomic mass is 31.2. The van der Waals surface area contributed by atoms with E-state index in [0.29, 0.717) is 12.3 Å². The molecule has 0 aromatic rings. The maximum atomic E-state index is 11.1. The van der Waals surface area contributed by atoms with Crippen LogP contribution in [0.25, 0.3) is 0 Å². The molecule has 0 amide bonds. The monoisotopic (exact) mass is 210 g/mol. The van der Waals surface area contributed by atoms with Gasteiger partial charge < -0.3 is 4.89 Å². The lowest BCUT2D eigenvalue weighted by Crippen LogP contribution is -2.00. The average Bonchev–Trinajstić information content (AvgIpc) is 2.00. The molecule has 0 heterocycles. The fraction of sp³-hybridized carbons (Fsp3) is 1.00. The predicted molar refractivity (Wildman–Crippen MR) is 51.5 cm³/mol. The van der Waals surface area contributed by atoms with Crippen LogP contribution in [0.1, 0.15) is 33.6 Å². The SMILES string of the molecule is CCCOP(=O)(O)OCCC(C)C. The predicted octanol–water partition coefficient (Wildman–Crippen LogP) is 2.58. The zero-order valence-electron chi connectivity index (χ0n) is 8.52. The molecular weight excluding hydrogens is 191 g/mol. The second kappa shape index (κ2) is 6.55. The highest BCUT2D eigenvalue weighted by Gasteiger charge is 2.19. The van der Waals surface area contributed by atoms with Gasteiger partial charge in [0.15, 0.2) is 0 Å². The van der Waals surface area contributed by atoms with E-state index < -0.39 is 7.82 Å². The normalized spacial score (nSPS) is 16.1. The molecule has 0 bridgehead atoms. The second-order valence-electron chi connectivity index (χ2n) is 3.32. The minimum absolute atomic E-state index is 0.259. The first kappa shape index (κ1) is 13.1. The molecular formula is C8H19O4P. The molecule has 0 fully saturated rings. The first-order chi connectivity index (χ1) is 5.98. The van der Waals surface area contributed by atoms with Crippen molar-refractivity contribution in [2.24, 2.45) is 5.92 Å². The summed E-state index contributed by atoms with van der Waals surface area (Å²) in [7, 11) is -3.77. The van der Waals surface area contributed by atoms with E-state index in [4.69, 9.17) is 9.42 Å². The van der Waals surface area contributed by atoms with Gasteiger partial charge in [-0.25, -0.2) is 4.57 Å². The van der Waals surface area contributed by atoms with Crippen molar-refractivity contribution in [3.63, 3.8) is 0 Å². The molecule has 0 spiro atoms. The van der Waals surface area contributed by atoms with Gasteiger partial charge in [-0.05, 0) is 18.8 Å². The van der Waals surface area contributed by atoms with Crippen molar-refractivity contribution < 1.29 is 18.5 Å². The number of rotatable bonds is 7. The summed E-state index contributed by atoms with van der Waals surface area (Å²) >= 11 is 0. The third-order valence-electron chi connectivity index (χ3n) is 1.41. The van der Waals surface area contributed by atoms with Gasteiger partial charge in [0.05, 0.1) is 13.2 Å². The van der Waals surface area contributed by atoms with Gasteiger partial charge in [0.25, 0.3) is 0 Å². The number of phosphoric acid groups is 1. The molecule has 80 valence electrons. The molecule has 5 heteroatoms. The molecule has 0 saturated heterocycles. The fourth-order valence-corrected chi connectivity index (χ4v) is 1.47. The Hall–Kier alpha value is 0.110. The van der Waals surface area contributed by atoms with Crippen LogP contribution in [0.5, 0.6) is 0 Å². The molecule has 0 saturated carbocycles. The summed E-state index contributed by atoms with van der Waals surface area (Å²) in [5.74, 6) is 0.464. The minimum Gasteiger partial charge on any atom is -0.302 e. The Kier molecular flexibility index (Phi) is 6.60. The lowest BCUT2D eigenvalue weighted by atomic mass is 10.2. The van der Waals surface area contributed by atoms with E-state index in [2.05, 4.69) is 4.52 Å². The van der Waals surface area contributed by atoms with Gasteiger partial charge in [-0.2, -0.15) is 0 Å². The first-order valence-corrected chi connectivity index (χ1v) is 6.09. The van der Waals surface area contributed by atoms with Crippen LogP contribution in [0.3, 0.4) is 0 Å². The van der Waals surface area contributed by atoms with Crippen LogP contribution in [0.4, 0.5) is 0 Å². The van der Waals surface area contributed by atoms with Crippen LogP contribution in [-0.2, 0) is 13.6 Å². The van der Waals surface area contributed by atoms with Crippen LogP contribution < -0.4 is 0 Å². The number of hydrogen-bond acceptors (Lipinski definition) is 3. The first-order valence-electron chi connectivity index (χ1n) is 4.60. The van der Waals surface area contributed by atoms with Crippen molar-refractivity contribution in [1.82, 2.24) is 0 Å². The van der Waals surface area contributed by atoms with E-state index in [-0.39, 0.29) is 13.2 Å². The number of hydrogen-bond donors (Lipinski definition) is 1. The summed E-state index contributed by atoms with van der Waals surface area (Å²) in [5, 5.41) is 0. The summed E-state index contributed by atoms with van der Waals surface area (Å²) in [4.78, 5) is 9.07. The lowest BCUT2D eigenvalue weighted by Gasteiger charge is -2.12. The summed E-state index contributed by atoms with van der Waals surface area (Å²) in [6.07, 6.45) is 1.47. The van der Waals surface area contributed by atoms with Crippen molar-refractivity contribution in [2.75, 3.05) is 13.2 Å². The highest BCUT2D eigenvalue weighted by Crippen LogP contribution is 2.43. The smallest absolute Gasteiger partial charge is 0.302 e. The molecule has 0 aromatic heterocycles. The topological polar surface area (TPSA) is 55.8 Å². The van der Waals surface area contributed by atoms with Gasteiger partial charge in [-0.3, -0.25) is 9.05 Å². The Morgan fingerprint density at radius 2 is 1.85 bits per heavy atom. The van der Waals surface area contributed by atoms with Crippen LogP contribution in [-0.4, -0.2) is 18.1 Å². The molecule has 0 aromatic carbocycles. The molecule has 1 N–H and O–H groups in total. The molecule has 4 nitrogen and oxygen atoms in total. The molecule has 1 atom stereocenters. The van der Waals surface area contributed by atoms with E-state index in [9.17, 15) is 4.57 Å². The maximum absolute atomic E-state index is 11.1. The molecule has 0 radical (unpaired) electrons. The lowest BCUT2D eigenvalue weighted by molar-refractivity contribution is 0.144. The van der Waals surface area contributed by atoms with Crippen LogP contribution >= 0.6 is 7.82 Å². The Morgan fingerprint density at radius 1 is 1.31 bits per heavy atom. The molecule has 13 heavy (non-hydrogen) atoms. The standard InChI is InChI=1S/C8H19O4P/c1-4-6-11-13(9,10)12-7-5-8(2)3/h8H,4-7H2,1-3H3,(H,9,10). The van der Waals surface area contributed by atoms with Gasteiger partial charge in [0.2, 0.25) is 0 Å². The Balaban J connectivity index is 3.57. The van der Waals surface area contributed by atoms with Crippen molar-refractivity contribution in [3.8, 4) is 0 Å². The Morgan fingerprint density at radius 3 is 2.31 bits per heavy atom. The average molecular weight is 210 g/mol. The zero-order valence-corrected chi connectivity index (χ0v) is 9.42. The third-order valence-corrected chi connectivity index (χ3v) is 2.43. The van der Waals surface area contributed by atoms with Gasteiger partial charge in [0.1, 0.15) is 0 Å². The van der Waals surface area contributed by atoms with E-state index in [1.54, 1.807) is 0 Å². The Labute approximate surface area is 79.9 Å². The van der Waals surface area contributed by atoms with Crippen molar-refractivity contribution in [3.05, 3.63) is 0 Å². The molecule has 0 rings (SSSR count). The maximum Gasteiger partial charge on any atom is 0.472 e. The summed E-state index contributed by atoms with van der Waals surface area (Å²) in [5.41, 5.74) is 0. The van der Waals surface area contributed by atoms with E-state index in [0.717, 1.165) is 6.42 Å². The summed E-state index contributed by atoms with van der Waals surface area (Å²) in [6, 6.07) is 0. The fourth-order valence-electron chi connectivity index (χ4n) is 0.648. The number of phosphoric ester groups is 1. The van der Waals surface area contributed by atoms with Crippen molar-refractivity contribution >= 4 is 7.82 Å². The van der Waals surface area contributed by atoms with Gasteiger partial charge in [-0.15, -0.1) is 0 Å². The summed E-state index contributed by atoms with van der Waals surface area (Å²) < 4.78 is 20.4. The highest BCUT2D eigenvalue weighted by molar-refractivity contribution is 7.47. The van der Waals surface area contributed by atoms with Crippen LogP contribution in [0, 0.1) is 5.92 Å². The molecule has 0 aliphatic carbocycles. The van der Waals surface area contributed by atoms with Gasteiger partial charge in [-0.1, -0.05) is 20.8 Å². The van der Waals surface area contributed by atoms with Crippen LogP contribution in [0.2, 0.25) is 0 Å². The van der Waals surface area contributed by atoms with Gasteiger partial charge in [0, 0.05) is 0 Å². The third kappa shape index (κ3) is 8.44. The van der Waals surface area contributed by atoms with Crippen molar-refractivity contribution in [1.29, 1.82) is 0 Å². The van der Waals surface area contributed by atoms with Crippen molar-refractivity contribution in [2.45, 2.75) is 33.6 Å².